The summed E-state index contributed by atoms with van der Waals surface area (Å²) >= 11 is 8.45. The van der Waals surface area contributed by atoms with Crippen LogP contribution in [0.1, 0.15) is 19.3 Å². The van der Waals surface area contributed by atoms with E-state index >= 15 is 0 Å². The zero-order valence-electron chi connectivity index (χ0n) is 10.8. The SMILES string of the molecule is O=C1C2CCCN2C(=O)CCN1c1ccc(I)cc1Cl. The van der Waals surface area contributed by atoms with Crippen molar-refractivity contribution in [3.05, 3.63) is 26.8 Å². The van der Waals surface area contributed by atoms with E-state index in [1.165, 1.54) is 0 Å². The van der Waals surface area contributed by atoms with Crippen molar-refractivity contribution in [2.24, 2.45) is 0 Å². The quantitative estimate of drug-likeness (QED) is 0.675. The number of fused-ring (bicyclic) bond motifs is 1. The van der Waals surface area contributed by atoms with Gasteiger partial charge in [0.05, 0.1) is 10.7 Å². The van der Waals surface area contributed by atoms with Crippen LogP contribution in [-0.4, -0.2) is 35.8 Å². The Morgan fingerprint density at radius 1 is 1.25 bits per heavy atom. The van der Waals surface area contributed by atoms with E-state index in [4.69, 9.17) is 11.6 Å². The first kappa shape index (κ1) is 14.1. The molecule has 1 aromatic carbocycles. The summed E-state index contributed by atoms with van der Waals surface area (Å²) in [4.78, 5) is 28.1. The summed E-state index contributed by atoms with van der Waals surface area (Å²) in [5.74, 6) is 0.0708. The van der Waals surface area contributed by atoms with Crippen LogP contribution in [0.15, 0.2) is 18.2 Å². The zero-order valence-corrected chi connectivity index (χ0v) is 13.7. The molecule has 6 heteroatoms. The van der Waals surface area contributed by atoms with Crippen molar-refractivity contribution in [3.8, 4) is 0 Å². The second-order valence-corrected chi connectivity index (χ2v) is 6.73. The lowest BCUT2D eigenvalue weighted by atomic mass is 10.2. The summed E-state index contributed by atoms with van der Waals surface area (Å²) in [7, 11) is 0. The number of benzene rings is 1. The second kappa shape index (κ2) is 5.52. The van der Waals surface area contributed by atoms with E-state index in [1.807, 2.05) is 18.2 Å². The Bertz CT molecular complexity index is 578. The number of carbonyl (C=O) groups is 2. The van der Waals surface area contributed by atoms with Gasteiger partial charge in [-0.15, -0.1) is 0 Å². The second-order valence-electron chi connectivity index (χ2n) is 5.08. The molecule has 2 amide bonds. The number of hydrogen-bond donors (Lipinski definition) is 0. The highest BCUT2D eigenvalue weighted by atomic mass is 127. The molecule has 2 aliphatic rings. The first-order valence-corrected chi connectivity index (χ1v) is 8.09. The number of carbonyl (C=O) groups excluding carboxylic acids is 2. The van der Waals surface area contributed by atoms with E-state index in [9.17, 15) is 9.59 Å². The summed E-state index contributed by atoms with van der Waals surface area (Å²) in [5.41, 5.74) is 0.707. The summed E-state index contributed by atoms with van der Waals surface area (Å²) in [6.07, 6.45) is 2.02. The third-order valence-electron chi connectivity index (χ3n) is 3.87. The highest BCUT2D eigenvalue weighted by Crippen LogP contribution is 2.32. The van der Waals surface area contributed by atoms with Gasteiger partial charge < -0.3 is 9.80 Å². The van der Waals surface area contributed by atoms with E-state index in [1.54, 1.807) is 9.80 Å². The monoisotopic (exact) mass is 404 g/mol. The van der Waals surface area contributed by atoms with E-state index in [0.717, 1.165) is 16.4 Å². The number of hydrogen-bond acceptors (Lipinski definition) is 2. The number of halogens is 2. The Kier molecular flexibility index (Phi) is 3.90. The van der Waals surface area contributed by atoms with Gasteiger partial charge in [0, 0.05) is 23.1 Å². The van der Waals surface area contributed by atoms with Crippen LogP contribution >= 0.6 is 34.2 Å². The van der Waals surface area contributed by atoms with Crippen LogP contribution in [-0.2, 0) is 9.59 Å². The molecular weight excluding hydrogens is 391 g/mol. The fraction of sp³-hybridized carbons (Fsp3) is 0.429. The van der Waals surface area contributed by atoms with Crippen molar-refractivity contribution in [1.29, 1.82) is 0 Å². The molecule has 1 aromatic rings. The summed E-state index contributed by atoms with van der Waals surface area (Å²) in [6, 6.07) is 5.31. The zero-order chi connectivity index (χ0) is 14.3. The van der Waals surface area contributed by atoms with Gasteiger partial charge in [0.1, 0.15) is 6.04 Å². The Balaban J connectivity index is 1.96. The molecule has 2 aliphatic heterocycles. The van der Waals surface area contributed by atoms with Gasteiger partial charge in [-0.1, -0.05) is 11.6 Å². The van der Waals surface area contributed by atoms with Crippen molar-refractivity contribution in [2.45, 2.75) is 25.3 Å². The molecule has 0 bridgehead atoms. The number of anilines is 1. The first-order valence-electron chi connectivity index (χ1n) is 6.64. The minimum atomic E-state index is -0.305. The van der Waals surface area contributed by atoms with Gasteiger partial charge in [-0.05, 0) is 53.6 Å². The fourth-order valence-electron chi connectivity index (χ4n) is 2.90. The Morgan fingerprint density at radius 2 is 2.05 bits per heavy atom. The summed E-state index contributed by atoms with van der Waals surface area (Å²) in [5, 5.41) is 0.559. The Hall–Kier alpha value is -0.820. The van der Waals surface area contributed by atoms with E-state index in [0.29, 0.717) is 30.2 Å². The molecule has 106 valence electrons. The molecule has 1 unspecified atom stereocenters. The lowest BCUT2D eigenvalue weighted by molar-refractivity contribution is -0.135. The van der Waals surface area contributed by atoms with E-state index < -0.39 is 0 Å². The molecular formula is C14H14ClIN2O2. The first-order chi connectivity index (χ1) is 9.58. The van der Waals surface area contributed by atoms with Crippen LogP contribution in [0.5, 0.6) is 0 Å². The Morgan fingerprint density at radius 3 is 2.80 bits per heavy atom. The lowest BCUT2D eigenvalue weighted by Crippen LogP contribution is -2.43. The standard InChI is InChI=1S/C14H14ClIN2O2/c15-10-8-9(16)3-4-11(10)18-7-5-13(19)17-6-1-2-12(17)14(18)20/h3-4,8,12H,1-2,5-7H2. The van der Waals surface area contributed by atoms with Gasteiger partial charge in [-0.25, -0.2) is 0 Å². The third kappa shape index (κ3) is 2.41. The molecule has 0 radical (unpaired) electrons. The van der Waals surface area contributed by atoms with Crippen molar-refractivity contribution in [2.75, 3.05) is 18.0 Å². The van der Waals surface area contributed by atoms with Gasteiger partial charge in [0.2, 0.25) is 11.8 Å². The van der Waals surface area contributed by atoms with Crippen molar-refractivity contribution in [3.63, 3.8) is 0 Å². The maximum atomic E-state index is 12.7. The predicted molar refractivity (Wildman–Crippen MR) is 85.9 cm³/mol. The van der Waals surface area contributed by atoms with E-state index in [-0.39, 0.29) is 17.9 Å². The highest BCUT2D eigenvalue weighted by molar-refractivity contribution is 14.1. The molecule has 4 nitrogen and oxygen atoms in total. The highest BCUT2D eigenvalue weighted by Gasteiger charge is 2.40. The van der Waals surface area contributed by atoms with Gasteiger partial charge in [-0.2, -0.15) is 0 Å². The van der Waals surface area contributed by atoms with Crippen molar-refractivity contribution < 1.29 is 9.59 Å². The molecule has 3 rings (SSSR count). The largest absolute Gasteiger partial charge is 0.331 e. The van der Waals surface area contributed by atoms with Crippen molar-refractivity contribution >= 4 is 51.7 Å². The molecule has 0 aliphatic carbocycles. The third-order valence-corrected chi connectivity index (χ3v) is 4.85. The molecule has 20 heavy (non-hydrogen) atoms. The average Bonchev–Trinajstić information content (AvgIpc) is 2.85. The van der Waals surface area contributed by atoms with E-state index in [2.05, 4.69) is 22.6 Å². The maximum Gasteiger partial charge on any atom is 0.249 e. The summed E-state index contributed by atoms with van der Waals surface area (Å²) in [6.45, 7) is 1.11. The normalized spacial score (nSPS) is 23.0. The molecule has 0 aromatic heterocycles. The van der Waals surface area contributed by atoms with Crippen LogP contribution in [0.25, 0.3) is 0 Å². The van der Waals surface area contributed by atoms with Crippen LogP contribution in [0.2, 0.25) is 5.02 Å². The molecule has 0 N–H and O–H groups in total. The smallest absolute Gasteiger partial charge is 0.249 e. The minimum absolute atomic E-state index is 0.00328. The molecule has 2 heterocycles. The van der Waals surface area contributed by atoms with Crippen LogP contribution in [0.3, 0.4) is 0 Å². The maximum absolute atomic E-state index is 12.7. The minimum Gasteiger partial charge on any atom is -0.331 e. The molecule has 0 saturated carbocycles. The van der Waals surface area contributed by atoms with Crippen LogP contribution < -0.4 is 4.90 Å². The Labute approximate surface area is 136 Å². The fourth-order valence-corrected chi connectivity index (χ4v) is 3.86. The van der Waals surface area contributed by atoms with Crippen LogP contribution in [0.4, 0.5) is 5.69 Å². The van der Waals surface area contributed by atoms with Gasteiger partial charge in [0.15, 0.2) is 0 Å². The number of rotatable bonds is 1. The predicted octanol–water partition coefficient (Wildman–Crippen LogP) is 2.67. The number of nitrogens with zero attached hydrogens (tertiary/aromatic N) is 2. The molecule has 1 atom stereocenters. The number of amides is 2. The van der Waals surface area contributed by atoms with Gasteiger partial charge in [-0.3, -0.25) is 9.59 Å². The lowest BCUT2D eigenvalue weighted by Gasteiger charge is -2.26. The van der Waals surface area contributed by atoms with Gasteiger partial charge in [0.25, 0.3) is 0 Å². The topological polar surface area (TPSA) is 40.6 Å². The van der Waals surface area contributed by atoms with Gasteiger partial charge >= 0.3 is 0 Å². The van der Waals surface area contributed by atoms with Crippen LogP contribution in [0, 0.1) is 3.57 Å². The van der Waals surface area contributed by atoms with Crippen molar-refractivity contribution in [1.82, 2.24) is 4.90 Å². The molecule has 2 fully saturated rings. The molecule has 2 saturated heterocycles. The summed E-state index contributed by atoms with van der Waals surface area (Å²) < 4.78 is 1.03. The molecule has 0 spiro atoms. The average molecular weight is 405 g/mol.